The Morgan fingerprint density at radius 2 is 2.05 bits per heavy atom. The van der Waals surface area contributed by atoms with Crippen molar-refractivity contribution in [3.8, 4) is 0 Å². The number of hydrogen-bond donors (Lipinski definition) is 1. The van der Waals surface area contributed by atoms with Gasteiger partial charge in [-0.05, 0) is 31.5 Å². The van der Waals surface area contributed by atoms with Crippen molar-refractivity contribution in [1.29, 1.82) is 0 Å². The average Bonchev–Trinajstić information content (AvgIpc) is 2.44. The summed E-state index contributed by atoms with van der Waals surface area (Å²) in [6.07, 6.45) is 0. The summed E-state index contributed by atoms with van der Waals surface area (Å²) in [6, 6.07) is 11.5. The van der Waals surface area contributed by atoms with Gasteiger partial charge in [0.1, 0.15) is 5.82 Å². The predicted octanol–water partition coefficient (Wildman–Crippen LogP) is 3.89. The Bertz CT molecular complexity index is 658. The lowest BCUT2D eigenvalue weighted by Crippen LogP contribution is -2.19. The molecule has 0 spiro atoms. The number of halogens is 1. The van der Waals surface area contributed by atoms with Gasteiger partial charge in [-0.1, -0.05) is 29.8 Å². The summed E-state index contributed by atoms with van der Waals surface area (Å²) < 4.78 is 13.3. The number of nitrogens with zero attached hydrogens (tertiary/aromatic N) is 1. The summed E-state index contributed by atoms with van der Waals surface area (Å²) in [7, 11) is 0. The maximum atomic E-state index is 13.3. The number of aryl methyl sites for hydroxylation is 1. The third-order valence-electron chi connectivity index (χ3n) is 3.38. The Labute approximate surface area is 122 Å². The minimum atomic E-state index is -0.492. The van der Waals surface area contributed by atoms with Crippen LogP contribution in [0.4, 0.5) is 10.1 Å². The van der Waals surface area contributed by atoms with Crippen molar-refractivity contribution in [2.75, 3.05) is 0 Å². The fourth-order valence-electron chi connectivity index (χ4n) is 2.19. The lowest BCUT2D eigenvalue weighted by Gasteiger charge is -2.15. The Hall–Kier alpha value is -2.27. The smallest absolute Gasteiger partial charge is 0.274 e. The largest absolute Gasteiger partial charge is 0.306 e. The van der Waals surface area contributed by atoms with E-state index in [0.717, 1.165) is 17.2 Å². The predicted molar refractivity (Wildman–Crippen MR) is 79.5 cm³/mol. The van der Waals surface area contributed by atoms with Crippen LogP contribution in [0.3, 0.4) is 0 Å². The van der Waals surface area contributed by atoms with Gasteiger partial charge in [-0.25, -0.2) is 4.39 Å². The minimum Gasteiger partial charge on any atom is -0.306 e. The summed E-state index contributed by atoms with van der Waals surface area (Å²) in [5.41, 5.74) is 2.52. The van der Waals surface area contributed by atoms with E-state index in [2.05, 4.69) is 11.4 Å². The van der Waals surface area contributed by atoms with E-state index in [1.165, 1.54) is 12.1 Å². The number of benzene rings is 2. The van der Waals surface area contributed by atoms with Crippen LogP contribution in [0.25, 0.3) is 0 Å². The Balaban J connectivity index is 2.12. The zero-order valence-corrected chi connectivity index (χ0v) is 12.0. The van der Waals surface area contributed by atoms with Crippen LogP contribution in [0.1, 0.15) is 29.7 Å². The van der Waals surface area contributed by atoms with Crippen LogP contribution in [0.15, 0.2) is 42.5 Å². The quantitative estimate of drug-likeness (QED) is 0.670. The highest BCUT2D eigenvalue weighted by atomic mass is 19.1. The number of nitrogens with one attached hydrogen (secondary N) is 1. The van der Waals surface area contributed by atoms with Gasteiger partial charge in [0.05, 0.1) is 4.92 Å². The molecule has 0 fully saturated rings. The molecular weight excluding hydrogens is 271 g/mol. The first kappa shape index (κ1) is 15.1. The zero-order valence-electron chi connectivity index (χ0n) is 12.0. The molecule has 0 aliphatic carbocycles. The molecule has 0 radical (unpaired) electrons. The minimum absolute atomic E-state index is 0.0211. The van der Waals surface area contributed by atoms with E-state index in [9.17, 15) is 14.5 Å². The molecule has 21 heavy (non-hydrogen) atoms. The second-order valence-electron chi connectivity index (χ2n) is 5.05. The van der Waals surface area contributed by atoms with Crippen molar-refractivity contribution in [1.82, 2.24) is 5.32 Å². The maximum Gasteiger partial charge on any atom is 0.274 e. The van der Waals surface area contributed by atoms with Crippen LogP contribution >= 0.6 is 0 Å². The average molecular weight is 288 g/mol. The van der Waals surface area contributed by atoms with Crippen LogP contribution < -0.4 is 5.32 Å². The topological polar surface area (TPSA) is 55.2 Å². The molecule has 2 aromatic carbocycles. The van der Waals surface area contributed by atoms with Crippen molar-refractivity contribution in [3.63, 3.8) is 0 Å². The van der Waals surface area contributed by atoms with E-state index in [4.69, 9.17) is 0 Å². The second kappa shape index (κ2) is 6.45. The van der Waals surface area contributed by atoms with Crippen molar-refractivity contribution in [2.45, 2.75) is 26.4 Å². The third-order valence-corrected chi connectivity index (χ3v) is 3.38. The van der Waals surface area contributed by atoms with Crippen LogP contribution in [0.2, 0.25) is 0 Å². The van der Waals surface area contributed by atoms with Crippen LogP contribution in [0, 0.1) is 22.9 Å². The molecule has 0 bridgehead atoms. The van der Waals surface area contributed by atoms with Crippen LogP contribution in [0.5, 0.6) is 0 Å². The fourth-order valence-corrected chi connectivity index (χ4v) is 2.19. The Morgan fingerprint density at radius 1 is 1.29 bits per heavy atom. The van der Waals surface area contributed by atoms with E-state index in [1.54, 1.807) is 0 Å². The summed E-state index contributed by atoms with van der Waals surface area (Å²) >= 11 is 0. The maximum absolute atomic E-state index is 13.3. The van der Waals surface area contributed by atoms with Crippen LogP contribution in [-0.2, 0) is 6.54 Å². The van der Waals surface area contributed by atoms with Gasteiger partial charge in [0.2, 0.25) is 0 Å². The third kappa shape index (κ3) is 3.86. The Kier molecular flexibility index (Phi) is 4.65. The highest BCUT2D eigenvalue weighted by Crippen LogP contribution is 2.21. The summed E-state index contributed by atoms with van der Waals surface area (Å²) in [4.78, 5) is 10.5. The molecule has 2 rings (SSSR count). The SMILES string of the molecule is Cc1cccc([C@@H](C)NCc2cc(F)ccc2[N+](=O)[O-])c1. The molecular formula is C16H17FN2O2. The highest BCUT2D eigenvalue weighted by molar-refractivity contribution is 5.40. The van der Waals surface area contributed by atoms with Gasteiger partial charge < -0.3 is 5.32 Å². The van der Waals surface area contributed by atoms with Gasteiger partial charge in [-0.2, -0.15) is 0 Å². The van der Waals surface area contributed by atoms with Gasteiger partial charge >= 0.3 is 0 Å². The molecule has 5 heteroatoms. The highest BCUT2D eigenvalue weighted by Gasteiger charge is 2.15. The molecule has 0 saturated carbocycles. The van der Waals surface area contributed by atoms with Gasteiger partial charge in [-0.3, -0.25) is 10.1 Å². The molecule has 4 nitrogen and oxygen atoms in total. The summed E-state index contributed by atoms with van der Waals surface area (Å²) in [5, 5.41) is 14.1. The van der Waals surface area contributed by atoms with E-state index >= 15 is 0 Å². The zero-order chi connectivity index (χ0) is 15.4. The molecule has 1 N–H and O–H groups in total. The van der Waals surface area contributed by atoms with E-state index in [1.807, 2.05) is 32.0 Å². The number of hydrogen-bond acceptors (Lipinski definition) is 3. The first-order chi connectivity index (χ1) is 9.97. The Morgan fingerprint density at radius 3 is 2.71 bits per heavy atom. The second-order valence-corrected chi connectivity index (χ2v) is 5.05. The standard InChI is InChI=1S/C16H17FN2O2/c1-11-4-3-5-13(8-11)12(2)18-10-14-9-15(17)6-7-16(14)19(20)21/h3-9,12,18H,10H2,1-2H3/t12-/m1/s1. The first-order valence-corrected chi connectivity index (χ1v) is 6.70. The fraction of sp³-hybridized carbons (Fsp3) is 0.250. The van der Waals surface area contributed by atoms with Crippen LogP contribution in [-0.4, -0.2) is 4.92 Å². The van der Waals surface area contributed by atoms with E-state index < -0.39 is 10.7 Å². The lowest BCUT2D eigenvalue weighted by molar-refractivity contribution is -0.385. The number of nitro groups is 1. The molecule has 2 aromatic rings. The molecule has 1 atom stereocenters. The van der Waals surface area contributed by atoms with Gasteiger partial charge in [0.15, 0.2) is 0 Å². The first-order valence-electron chi connectivity index (χ1n) is 6.70. The van der Waals surface area contributed by atoms with E-state index in [0.29, 0.717) is 5.56 Å². The van der Waals surface area contributed by atoms with Crippen molar-refractivity contribution >= 4 is 5.69 Å². The normalized spacial score (nSPS) is 12.1. The molecule has 110 valence electrons. The summed E-state index contributed by atoms with van der Waals surface area (Å²) in [5.74, 6) is -0.472. The molecule has 0 heterocycles. The lowest BCUT2D eigenvalue weighted by atomic mass is 10.1. The molecule has 0 aliphatic rings. The van der Waals surface area contributed by atoms with Crippen molar-refractivity contribution < 1.29 is 9.31 Å². The molecule has 0 aromatic heterocycles. The molecule has 0 aliphatic heterocycles. The molecule has 0 unspecified atom stereocenters. The van der Waals surface area contributed by atoms with Crippen molar-refractivity contribution in [2.24, 2.45) is 0 Å². The number of rotatable bonds is 5. The van der Waals surface area contributed by atoms with Gasteiger partial charge in [0.25, 0.3) is 5.69 Å². The molecule has 0 amide bonds. The van der Waals surface area contributed by atoms with Gasteiger partial charge in [0, 0.05) is 24.2 Å². The number of nitro benzene ring substituents is 1. The van der Waals surface area contributed by atoms with Crippen molar-refractivity contribution in [3.05, 3.63) is 75.1 Å². The molecule has 0 saturated heterocycles. The van der Waals surface area contributed by atoms with E-state index in [-0.39, 0.29) is 18.3 Å². The summed E-state index contributed by atoms with van der Waals surface area (Å²) in [6.45, 7) is 4.22. The monoisotopic (exact) mass is 288 g/mol. The van der Waals surface area contributed by atoms with Gasteiger partial charge in [-0.15, -0.1) is 0 Å².